The first-order valence-corrected chi connectivity index (χ1v) is 11.9. The Hall–Kier alpha value is -3.07. The van der Waals surface area contributed by atoms with Gasteiger partial charge in [-0.2, -0.15) is 5.10 Å². The van der Waals surface area contributed by atoms with E-state index in [1.165, 1.54) is 25.8 Å². The van der Waals surface area contributed by atoms with E-state index in [1.807, 2.05) is 24.3 Å². The summed E-state index contributed by atoms with van der Waals surface area (Å²) in [4.78, 5) is 12.5. The summed E-state index contributed by atoms with van der Waals surface area (Å²) in [7, 11) is -0.808. The molecule has 0 unspecified atom stereocenters. The molecule has 32 heavy (non-hydrogen) atoms. The molecule has 174 valence electrons. The topological polar surface area (TPSA) is 97.3 Å². The summed E-state index contributed by atoms with van der Waals surface area (Å²) in [5.41, 5.74) is 5.41. The van der Waals surface area contributed by atoms with Crippen LogP contribution < -0.4 is 19.2 Å². The highest BCUT2D eigenvalue weighted by Crippen LogP contribution is 2.32. The van der Waals surface area contributed by atoms with E-state index in [9.17, 15) is 13.2 Å². The Morgan fingerprint density at radius 1 is 1.03 bits per heavy atom. The number of nitrogens with one attached hydrogen (secondary N) is 1. The predicted octanol–water partition coefficient (Wildman–Crippen LogP) is 3.31. The maximum absolute atomic E-state index is 12.5. The van der Waals surface area contributed by atoms with Crippen molar-refractivity contribution < 1.29 is 22.7 Å². The molecule has 1 N–H and O–H groups in total. The van der Waals surface area contributed by atoms with E-state index >= 15 is 0 Å². The molecular formula is C23H31N3O5S. The van der Waals surface area contributed by atoms with Gasteiger partial charge in [-0.3, -0.25) is 9.10 Å². The highest BCUT2D eigenvalue weighted by Gasteiger charge is 2.22. The highest BCUT2D eigenvalue weighted by atomic mass is 32.2. The van der Waals surface area contributed by atoms with Crippen molar-refractivity contribution in [1.82, 2.24) is 5.43 Å². The summed E-state index contributed by atoms with van der Waals surface area (Å²) >= 11 is 0. The van der Waals surface area contributed by atoms with Gasteiger partial charge in [0.2, 0.25) is 10.0 Å². The van der Waals surface area contributed by atoms with Crippen LogP contribution in [0.4, 0.5) is 5.69 Å². The van der Waals surface area contributed by atoms with Crippen LogP contribution in [0.25, 0.3) is 0 Å². The minimum absolute atomic E-state index is 0.0387. The van der Waals surface area contributed by atoms with Crippen LogP contribution in [0.5, 0.6) is 11.5 Å². The molecule has 0 heterocycles. The summed E-state index contributed by atoms with van der Waals surface area (Å²) in [5, 5.41) is 4.13. The van der Waals surface area contributed by atoms with Gasteiger partial charge in [0.05, 0.1) is 31.9 Å². The lowest BCUT2D eigenvalue weighted by Gasteiger charge is -2.22. The van der Waals surface area contributed by atoms with Crippen molar-refractivity contribution in [2.75, 3.05) is 31.3 Å². The van der Waals surface area contributed by atoms with E-state index in [2.05, 4.69) is 31.3 Å². The number of methoxy groups -OCH3 is 2. The minimum Gasteiger partial charge on any atom is -0.493 e. The summed E-state index contributed by atoms with van der Waals surface area (Å²) in [6, 6.07) is 12.6. The van der Waals surface area contributed by atoms with Crippen LogP contribution in [0.15, 0.2) is 47.6 Å². The van der Waals surface area contributed by atoms with Gasteiger partial charge in [-0.1, -0.05) is 45.0 Å². The molecule has 2 rings (SSSR count). The van der Waals surface area contributed by atoms with Crippen LogP contribution in [0, 0.1) is 0 Å². The second-order valence-electron chi connectivity index (χ2n) is 8.37. The van der Waals surface area contributed by atoms with Gasteiger partial charge in [-0.15, -0.1) is 0 Å². The van der Waals surface area contributed by atoms with Gasteiger partial charge in [0.25, 0.3) is 5.91 Å². The molecule has 1 amide bonds. The van der Waals surface area contributed by atoms with E-state index in [0.29, 0.717) is 17.2 Å². The zero-order valence-electron chi connectivity index (χ0n) is 19.6. The third-order valence-electron chi connectivity index (χ3n) is 4.86. The fraction of sp³-hybridized carbons (Fsp3) is 0.391. The first kappa shape index (κ1) is 25.2. The summed E-state index contributed by atoms with van der Waals surface area (Å²) in [6.45, 7) is 7.74. The van der Waals surface area contributed by atoms with Gasteiger partial charge in [0.15, 0.2) is 11.5 Å². The fourth-order valence-corrected chi connectivity index (χ4v) is 3.82. The maximum Gasteiger partial charge on any atom is 0.260 e. The first-order chi connectivity index (χ1) is 14.9. The monoisotopic (exact) mass is 461 g/mol. The van der Waals surface area contributed by atoms with Gasteiger partial charge >= 0.3 is 0 Å². The number of carbonyl (C=O) groups is 1. The molecular weight excluding hydrogens is 430 g/mol. The van der Waals surface area contributed by atoms with Crippen molar-refractivity contribution in [2.24, 2.45) is 5.10 Å². The Bertz CT molecular complexity index is 1090. The van der Waals surface area contributed by atoms with Crippen LogP contribution in [-0.2, 0) is 20.2 Å². The van der Waals surface area contributed by atoms with Gasteiger partial charge in [0, 0.05) is 6.07 Å². The number of benzene rings is 2. The lowest BCUT2D eigenvalue weighted by molar-refractivity contribution is -0.119. The second kappa shape index (κ2) is 10.0. The van der Waals surface area contributed by atoms with Gasteiger partial charge in [0.1, 0.15) is 6.54 Å². The summed E-state index contributed by atoms with van der Waals surface area (Å²) < 4.78 is 36.1. The number of carbonyl (C=O) groups excluding carboxylic acids is 1. The lowest BCUT2D eigenvalue weighted by atomic mass is 9.86. The van der Waals surface area contributed by atoms with Gasteiger partial charge in [-0.05, 0) is 35.6 Å². The molecule has 8 nitrogen and oxygen atoms in total. The molecule has 0 saturated carbocycles. The standard InChI is InChI=1S/C23H31N3O5S/c1-16(17-8-10-18(11-9-17)23(2,3)4)24-25-22(27)15-26(32(7,28)29)19-12-13-20(30-5)21(14-19)31-6/h8-14H,15H2,1-7H3,(H,25,27)/b24-16-. The Kier molecular flexibility index (Phi) is 7.90. The molecule has 0 aromatic heterocycles. The van der Waals surface area contributed by atoms with Crippen molar-refractivity contribution in [1.29, 1.82) is 0 Å². The van der Waals surface area contributed by atoms with Crippen molar-refractivity contribution >= 4 is 27.3 Å². The molecule has 2 aromatic rings. The van der Waals surface area contributed by atoms with E-state index in [-0.39, 0.29) is 11.1 Å². The molecule has 9 heteroatoms. The number of hydrazone groups is 1. The molecule has 2 aromatic carbocycles. The maximum atomic E-state index is 12.5. The van der Waals surface area contributed by atoms with Crippen molar-refractivity contribution in [3.05, 3.63) is 53.6 Å². The smallest absolute Gasteiger partial charge is 0.260 e. The van der Waals surface area contributed by atoms with Crippen LogP contribution in [0.2, 0.25) is 0 Å². The molecule has 0 aliphatic carbocycles. The minimum atomic E-state index is -3.74. The molecule has 0 atom stereocenters. The average molecular weight is 462 g/mol. The fourth-order valence-electron chi connectivity index (χ4n) is 2.97. The van der Waals surface area contributed by atoms with Crippen molar-refractivity contribution in [3.63, 3.8) is 0 Å². The third kappa shape index (κ3) is 6.46. The van der Waals surface area contributed by atoms with E-state index < -0.39 is 22.5 Å². The van der Waals surface area contributed by atoms with Gasteiger partial charge in [-0.25, -0.2) is 13.8 Å². The summed E-state index contributed by atoms with van der Waals surface area (Å²) in [5.74, 6) is 0.231. The third-order valence-corrected chi connectivity index (χ3v) is 6.00. The number of sulfonamides is 1. The highest BCUT2D eigenvalue weighted by molar-refractivity contribution is 7.92. The number of nitrogens with zero attached hydrogens (tertiary/aromatic N) is 2. The number of amides is 1. The SMILES string of the molecule is COc1ccc(N(CC(=O)N/N=C(/C)c2ccc(C(C)(C)C)cc2)S(C)(=O)=O)cc1OC. The quantitative estimate of drug-likeness (QED) is 0.481. The number of rotatable bonds is 8. The molecule has 0 saturated heterocycles. The molecule has 0 bridgehead atoms. The Labute approximate surface area is 190 Å². The Morgan fingerprint density at radius 2 is 1.62 bits per heavy atom. The number of hydrogen-bond donors (Lipinski definition) is 1. The van der Waals surface area contributed by atoms with E-state index in [0.717, 1.165) is 16.1 Å². The number of ether oxygens (including phenoxy) is 2. The number of anilines is 1. The van der Waals surface area contributed by atoms with E-state index in [4.69, 9.17) is 9.47 Å². The first-order valence-electron chi connectivity index (χ1n) is 10.0. The normalized spacial score (nSPS) is 12.3. The molecule has 0 fully saturated rings. The van der Waals surface area contributed by atoms with Gasteiger partial charge < -0.3 is 9.47 Å². The van der Waals surface area contributed by atoms with Crippen LogP contribution in [0.3, 0.4) is 0 Å². The average Bonchev–Trinajstić information content (AvgIpc) is 2.74. The molecule has 0 spiro atoms. The molecule has 0 aliphatic heterocycles. The van der Waals surface area contributed by atoms with Crippen LogP contribution in [0.1, 0.15) is 38.8 Å². The zero-order valence-corrected chi connectivity index (χ0v) is 20.4. The summed E-state index contributed by atoms with van der Waals surface area (Å²) in [6.07, 6.45) is 1.03. The largest absolute Gasteiger partial charge is 0.493 e. The Morgan fingerprint density at radius 3 is 2.12 bits per heavy atom. The van der Waals surface area contributed by atoms with Crippen molar-refractivity contribution in [3.8, 4) is 11.5 Å². The molecule has 0 aliphatic rings. The Balaban J connectivity index is 2.17. The second-order valence-corrected chi connectivity index (χ2v) is 10.3. The van der Waals surface area contributed by atoms with Crippen molar-refractivity contribution in [2.45, 2.75) is 33.1 Å². The predicted molar refractivity (Wildman–Crippen MR) is 127 cm³/mol. The van der Waals surface area contributed by atoms with E-state index in [1.54, 1.807) is 19.1 Å². The molecule has 0 radical (unpaired) electrons. The lowest BCUT2D eigenvalue weighted by Crippen LogP contribution is -2.39. The van der Waals surface area contributed by atoms with Crippen LogP contribution in [-0.4, -0.2) is 47.1 Å². The number of hydrogen-bond acceptors (Lipinski definition) is 6. The zero-order chi connectivity index (χ0) is 24.1. The van der Waals surface area contributed by atoms with Crippen LogP contribution >= 0.6 is 0 Å².